The number of benzene rings is 1. The zero-order valence-electron chi connectivity index (χ0n) is 20.0. The number of likely N-dealkylation sites (tertiary alicyclic amines) is 1. The zero-order valence-corrected chi connectivity index (χ0v) is 20.0. The van der Waals surface area contributed by atoms with Crippen molar-refractivity contribution in [1.29, 1.82) is 0 Å². The Bertz CT molecular complexity index is 1030. The third-order valence-electron chi connectivity index (χ3n) is 5.85. The number of carboxylic acids is 2. The average molecular weight is 522 g/mol. The van der Waals surface area contributed by atoms with Crippen LogP contribution in [0.5, 0.6) is 5.75 Å². The largest absolute Gasteiger partial charge is 0.508 e. The molecule has 1 aromatic carbocycles. The zero-order chi connectivity index (χ0) is 27.7. The van der Waals surface area contributed by atoms with E-state index in [1.165, 1.54) is 29.2 Å². The summed E-state index contributed by atoms with van der Waals surface area (Å²) < 4.78 is 0. The van der Waals surface area contributed by atoms with Crippen molar-refractivity contribution in [1.82, 2.24) is 15.5 Å². The number of phenolic OH excluding ortho intramolecular Hbond substituents is 1. The van der Waals surface area contributed by atoms with E-state index in [0.717, 1.165) is 0 Å². The number of hydrogen-bond donors (Lipinski definition) is 7. The molecule has 0 bridgehead atoms. The van der Waals surface area contributed by atoms with Gasteiger partial charge in [-0.2, -0.15) is 0 Å². The van der Waals surface area contributed by atoms with Gasteiger partial charge in [0.25, 0.3) is 0 Å². The minimum Gasteiger partial charge on any atom is -0.508 e. The molecule has 0 radical (unpaired) electrons. The highest BCUT2D eigenvalue weighted by Crippen LogP contribution is 2.19. The van der Waals surface area contributed by atoms with Crippen LogP contribution in [0, 0.1) is 0 Å². The standard InChI is InChI=1S/C23H31N5O9/c24-14(11-18(25)30)22(35)28-9-1-2-17(28)21(34)26-15(7-8-19(31)32)20(33)27-16(23(36)37)10-12-3-5-13(29)6-4-12/h3-6,14-17,29H,1-2,7-11,24H2,(H2,25,30)(H,26,34)(H,27,33)(H,31,32)(H,36,37). The van der Waals surface area contributed by atoms with Gasteiger partial charge in [-0.25, -0.2) is 4.79 Å². The van der Waals surface area contributed by atoms with Crippen molar-refractivity contribution in [3.05, 3.63) is 29.8 Å². The van der Waals surface area contributed by atoms with Crippen LogP contribution >= 0.6 is 0 Å². The van der Waals surface area contributed by atoms with Crippen LogP contribution in [0.3, 0.4) is 0 Å². The molecule has 0 aromatic heterocycles. The summed E-state index contributed by atoms with van der Waals surface area (Å²) in [5, 5.41) is 32.8. The molecule has 14 heteroatoms. The molecule has 1 heterocycles. The molecule has 37 heavy (non-hydrogen) atoms. The lowest BCUT2D eigenvalue weighted by atomic mass is 10.0. The molecule has 1 aromatic rings. The summed E-state index contributed by atoms with van der Waals surface area (Å²) >= 11 is 0. The third kappa shape index (κ3) is 8.75. The van der Waals surface area contributed by atoms with Crippen molar-refractivity contribution < 1.29 is 44.1 Å². The van der Waals surface area contributed by atoms with E-state index < -0.39 is 72.6 Å². The van der Waals surface area contributed by atoms with Gasteiger partial charge in [0.15, 0.2) is 0 Å². The van der Waals surface area contributed by atoms with E-state index in [4.69, 9.17) is 16.6 Å². The first-order valence-electron chi connectivity index (χ1n) is 11.6. The predicted octanol–water partition coefficient (Wildman–Crippen LogP) is -1.95. The number of aliphatic carboxylic acids is 2. The molecule has 1 fully saturated rings. The second-order valence-corrected chi connectivity index (χ2v) is 8.73. The molecule has 0 spiro atoms. The quantitative estimate of drug-likeness (QED) is 0.151. The fraction of sp³-hybridized carbons (Fsp3) is 0.478. The van der Waals surface area contributed by atoms with Crippen molar-refractivity contribution >= 4 is 35.6 Å². The number of rotatable bonds is 13. The normalized spacial score (nSPS) is 17.3. The van der Waals surface area contributed by atoms with Crippen molar-refractivity contribution in [2.45, 2.75) is 62.7 Å². The van der Waals surface area contributed by atoms with Crippen LogP contribution in [-0.2, 0) is 35.2 Å². The maximum absolute atomic E-state index is 13.0. The van der Waals surface area contributed by atoms with E-state index in [1.54, 1.807) is 0 Å². The molecule has 1 aliphatic rings. The third-order valence-corrected chi connectivity index (χ3v) is 5.85. The molecule has 4 amide bonds. The highest BCUT2D eigenvalue weighted by atomic mass is 16.4. The smallest absolute Gasteiger partial charge is 0.326 e. The lowest BCUT2D eigenvalue weighted by Crippen LogP contribution is -2.57. The molecule has 202 valence electrons. The topological polar surface area (TPSA) is 242 Å². The van der Waals surface area contributed by atoms with Crippen LogP contribution < -0.4 is 22.1 Å². The number of carboxylic acid groups (broad SMARTS) is 2. The second kappa shape index (κ2) is 13.2. The number of nitrogens with zero attached hydrogens (tertiary/aromatic N) is 1. The summed E-state index contributed by atoms with van der Waals surface area (Å²) in [4.78, 5) is 73.7. The molecule has 1 saturated heterocycles. The number of nitrogens with one attached hydrogen (secondary N) is 2. The number of carbonyl (C=O) groups is 6. The van der Waals surface area contributed by atoms with Gasteiger partial charge in [-0.15, -0.1) is 0 Å². The number of phenols is 1. The van der Waals surface area contributed by atoms with Crippen molar-refractivity contribution in [3.63, 3.8) is 0 Å². The summed E-state index contributed by atoms with van der Waals surface area (Å²) in [6.07, 6.45) is -0.681. The maximum Gasteiger partial charge on any atom is 0.326 e. The number of aromatic hydroxyl groups is 1. The van der Waals surface area contributed by atoms with Gasteiger partial charge >= 0.3 is 11.9 Å². The molecule has 2 rings (SSSR count). The molecule has 4 atom stereocenters. The molecular formula is C23H31N5O9. The van der Waals surface area contributed by atoms with E-state index in [1.807, 2.05) is 0 Å². The molecule has 14 nitrogen and oxygen atoms in total. The van der Waals surface area contributed by atoms with Crippen molar-refractivity contribution in [2.24, 2.45) is 11.5 Å². The van der Waals surface area contributed by atoms with Gasteiger partial charge in [-0.3, -0.25) is 24.0 Å². The molecule has 0 saturated carbocycles. The van der Waals surface area contributed by atoms with Crippen LogP contribution in [0.25, 0.3) is 0 Å². The van der Waals surface area contributed by atoms with Crippen LogP contribution in [0.15, 0.2) is 24.3 Å². The summed E-state index contributed by atoms with van der Waals surface area (Å²) in [5.41, 5.74) is 11.3. The first-order valence-corrected chi connectivity index (χ1v) is 11.6. The van der Waals surface area contributed by atoms with Gasteiger partial charge in [-0.1, -0.05) is 12.1 Å². The minimum atomic E-state index is -1.40. The number of carbonyl (C=O) groups excluding carboxylic acids is 4. The Kier molecular flexibility index (Phi) is 10.4. The Balaban J connectivity index is 2.13. The fourth-order valence-corrected chi connectivity index (χ4v) is 3.96. The van der Waals surface area contributed by atoms with Crippen LogP contribution in [0.1, 0.15) is 37.7 Å². The highest BCUT2D eigenvalue weighted by Gasteiger charge is 2.38. The van der Waals surface area contributed by atoms with Crippen molar-refractivity contribution in [3.8, 4) is 5.75 Å². The van der Waals surface area contributed by atoms with E-state index in [9.17, 15) is 39.0 Å². The van der Waals surface area contributed by atoms with Crippen molar-refractivity contribution in [2.75, 3.05) is 6.54 Å². The Labute approximate surface area is 212 Å². The average Bonchev–Trinajstić information content (AvgIpc) is 3.31. The highest BCUT2D eigenvalue weighted by molar-refractivity contribution is 5.95. The van der Waals surface area contributed by atoms with Gasteiger partial charge < -0.3 is 42.3 Å². The van der Waals surface area contributed by atoms with Gasteiger partial charge in [0.05, 0.1) is 12.5 Å². The number of primary amides is 1. The summed E-state index contributed by atoms with van der Waals surface area (Å²) in [5.74, 6) is -5.72. The Morgan fingerprint density at radius 3 is 2.24 bits per heavy atom. The molecule has 9 N–H and O–H groups in total. The number of nitrogens with two attached hydrogens (primary N) is 2. The van der Waals surface area contributed by atoms with E-state index in [-0.39, 0.29) is 31.6 Å². The molecular weight excluding hydrogens is 490 g/mol. The van der Waals surface area contributed by atoms with Crippen LogP contribution in [-0.4, -0.2) is 86.5 Å². The lowest BCUT2D eigenvalue weighted by molar-refractivity contribution is -0.143. The van der Waals surface area contributed by atoms with E-state index >= 15 is 0 Å². The maximum atomic E-state index is 13.0. The number of amides is 4. The monoisotopic (exact) mass is 521 g/mol. The lowest BCUT2D eigenvalue weighted by Gasteiger charge is -2.28. The fourth-order valence-electron chi connectivity index (χ4n) is 3.96. The van der Waals surface area contributed by atoms with Crippen LogP contribution in [0.4, 0.5) is 0 Å². The summed E-state index contributed by atoms with van der Waals surface area (Å²) in [7, 11) is 0. The first-order chi connectivity index (χ1) is 17.4. The van der Waals surface area contributed by atoms with Gasteiger partial charge in [0.2, 0.25) is 23.6 Å². The predicted molar refractivity (Wildman–Crippen MR) is 127 cm³/mol. The Morgan fingerprint density at radius 2 is 1.68 bits per heavy atom. The van der Waals surface area contributed by atoms with Gasteiger partial charge in [0.1, 0.15) is 23.9 Å². The Morgan fingerprint density at radius 1 is 1.03 bits per heavy atom. The second-order valence-electron chi connectivity index (χ2n) is 8.73. The van der Waals surface area contributed by atoms with E-state index in [0.29, 0.717) is 12.0 Å². The van der Waals surface area contributed by atoms with Gasteiger partial charge in [0, 0.05) is 19.4 Å². The van der Waals surface area contributed by atoms with E-state index in [2.05, 4.69) is 10.6 Å². The molecule has 1 aliphatic heterocycles. The SMILES string of the molecule is NC(=O)CC(N)C(=O)N1CCCC1C(=O)NC(CCC(=O)O)C(=O)NC(Cc1ccc(O)cc1)C(=O)O. The Hall–Kier alpha value is -4.20. The van der Waals surface area contributed by atoms with Gasteiger partial charge in [-0.05, 0) is 37.0 Å². The number of hydrogen-bond acceptors (Lipinski definition) is 8. The summed E-state index contributed by atoms with van der Waals surface area (Å²) in [6.45, 7) is 0.184. The molecule has 4 unspecified atom stereocenters. The molecule has 0 aliphatic carbocycles. The first kappa shape index (κ1) is 29.0. The minimum absolute atomic E-state index is 0.0221. The van der Waals surface area contributed by atoms with Crippen LogP contribution in [0.2, 0.25) is 0 Å². The summed E-state index contributed by atoms with van der Waals surface area (Å²) in [6, 6.07) is 0.615.